The van der Waals surface area contributed by atoms with Gasteiger partial charge in [0.15, 0.2) is 0 Å². The minimum absolute atomic E-state index is 0.121. The van der Waals surface area contributed by atoms with Crippen LogP contribution in [-0.2, 0) is 19.6 Å². The molecule has 0 saturated heterocycles. The maximum absolute atomic E-state index is 13.2. The molecule has 0 saturated carbocycles. The zero-order valence-electron chi connectivity index (χ0n) is 22.5. The second kappa shape index (κ2) is 12.4. The van der Waals surface area contributed by atoms with Crippen LogP contribution >= 0.6 is 0 Å². The van der Waals surface area contributed by atoms with Crippen LogP contribution in [0, 0.1) is 6.92 Å². The van der Waals surface area contributed by atoms with Crippen LogP contribution in [0.25, 0.3) is 22.7 Å². The molecule has 0 atom stereocenters. The van der Waals surface area contributed by atoms with E-state index in [1.807, 2.05) is 18.2 Å². The molecule has 3 N–H and O–H groups in total. The zero-order valence-corrected chi connectivity index (χ0v) is 22.5. The van der Waals surface area contributed by atoms with Gasteiger partial charge < -0.3 is 25.1 Å². The third kappa shape index (κ3) is 6.75. The van der Waals surface area contributed by atoms with Gasteiger partial charge in [-0.15, -0.1) is 10.2 Å². The number of hydrogen-bond acceptors (Lipinski definition) is 8. The number of anilines is 1. The third-order valence-electron chi connectivity index (χ3n) is 6.75. The molecule has 13 nitrogen and oxygen atoms in total. The number of carbonyl (C=O) groups excluding carboxylic acids is 1. The summed E-state index contributed by atoms with van der Waals surface area (Å²) >= 11 is 0. The van der Waals surface area contributed by atoms with Crippen molar-refractivity contribution in [3.05, 3.63) is 76.2 Å². The van der Waals surface area contributed by atoms with Crippen molar-refractivity contribution in [1.29, 1.82) is 0 Å². The van der Waals surface area contributed by atoms with Gasteiger partial charge in [0.1, 0.15) is 5.56 Å². The highest BCUT2D eigenvalue weighted by atomic mass is 16.4. The summed E-state index contributed by atoms with van der Waals surface area (Å²) in [5.41, 5.74) is 3.97. The van der Waals surface area contributed by atoms with E-state index in [-0.39, 0.29) is 23.0 Å². The van der Waals surface area contributed by atoms with Gasteiger partial charge in [0.2, 0.25) is 5.89 Å². The van der Waals surface area contributed by atoms with E-state index in [9.17, 15) is 14.4 Å². The van der Waals surface area contributed by atoms with Gasteiger partial charge in [-0.1, -0.05) is 25.0 Å². The number of pyridine rings is 1. The summed E-state index contributed by atoms with van der Waals surface area (Å²) in [6, 6.07) is 10.6. The van der Waals surface area contributed by atoms with Crippen molar-refractivity contribution in [2.45, 2.75) is 52.2 Å². The molecule has 0 radical (unpaired) electrons. The van der Waals surface area contributed by atoms with Gasteiger partial charge in [-0.25, -0.2) is 14.3 Å². The Balaban J connectivity index is 1.29. The Bertz CT molecular complexity index is 1570. The molecule has 0 bridgehead atoms. The van der Waals surface area contributed by atoms with Crippen LogP contribution in [-0.4, -0.2) is 53.6 Å². The molecule has 1 aliphatic heterocycles. The first kappa shape index (κ1) is 27.5. The standard InChI is InChI=1S/C28H30N8O5/c1-18-32-33-25(41-18)23-14-24(34-36(26(23)37)13-5-3-2-4-11-30-28(39)40)19-6-8-22(9-7-19)31-27(38)35-16-20-10-12-29-15-21(20)17-35/h6-10,12,14-15,30H,2-5,11,13,16-17H2,1H3,(H,31,38)(H,39,40). The van der Waals surface area contributed by atoms with E-state index in [4.69, 9.17) is 9.52 Å². The van der Waals surface area contributed by atoms with Gasteiger partial charge in [0.05, 0.1) is 5.69 Å². The van der Waals surface area contributed by atoms with Crippen LogP contribution in [0.4, 0.5) is 15.3 Å². The number of hydrogen-bond donors (Lipinski definition) is 3. The summed E-state index contributed by atoms with van der Waals surface area (Å²) in [7, 11) is 0. The van der Waals surface area contributed by atoms with Gasteiger partial charge in [-0.3, -0.25) is 9.78 Å². The Labute approximate surface area is 235 Å². The van der Waals surface area contributed by atoms with E-state index in [2.05, 4.69) is 30.9 Å². The first-order valence-electron chi connectivity index (χ1n) is 13.3. The molecule has 0 unspecified atom stereocenters. The molecule has 3 amide bonds. The van der Waals surface area contributed by atoms with Crippen LogP contribution in [0.15, 0.2) is 58.0 Å². The van der Waals surface area contributed by atoms with E-state index in [0.717, 1.165) is 29.5 Å². The summed E-state index contributed by atoms with van der Waals surface area (Å²) in [4.78, 5) is 42.5. The molecule has 0 fully saturated rings. The minimum Gasteiger partial charge on any atom is -0.465 e. The Morgan fingerprint density at radius 1 is 1.02 bits per heavy atom. The highest BCUT2D eigenvalue weighted by Crippen LogP contribution is 2.25. The fourth-order valence-electron chi connectivity index (χ4n) is 4.62. The lowest BCUT2D eigenvalue weighted by Crippen LogP contribution is -2.30. The monoisotopic (exact) mass is 558 g/mol. The van der Waals surface area contributed by atoms with Gasteiger partial charge in [-0.05, 0) is 48.2 Å². The second-order valence-corrected chi connectivity index (χ2v) is 9.75. The largest absolute Gasteiger partial charge is 0.465 e. The average molecular weight is 559 g/mol. The van der Waals surface area contributed by atoms with Crippen molar-refractivity contribution in [3.63, 3.8) is 0 Å². The summed E-state index contributed by atoms with van der Waals surface area (Å²) in [5, 5.41) is 26.4. The van der Waals surface area contributed by atoms with Gasteiger partial charge in [0.25, 0.3) is 11.4 Å². The maximum atomic E-state index is 13.2. The van der Waals surface area contributed by atoms with Crippen molar-refractivity contribution in [2.24, 2.45) is 0 Å². The van der Waals surface area contributed by atoms with E-state index >= 15 is 0 Å². The lowest BCUT2D eigenvalue weighted by Gasteiger charge is -2.16. The number of nitrogens with zero attached hydrogens (tertiary/aromatic N) is 6. The van der Waals surface area contributed by atoms with Crippen molar-refractivity contribution in [2.75, 3.05) is 11.9 Å². The number of fused-ring (bicyclic) bond motifs is 1. The number of aryl methyl sites for hydroxylation is 2. The van der Waals surface area contributed by atoms with Crippen LogP contribution in [0.5, 0.6) is 0 Å². The van der Waals surface area contributed by atoms with Crippen molar-refractivity contribution >= 4 is 17.8 Å². The van der Waals surface area contributed by atoms with E-state index in [1.165, 1.54) is 4.68 Å². The summed E-state index contributed by atoms with van der Waals surface area (Å²) in [6.07, 6.45) is 5.50. The Kier molecular flexibility index (Phi) is 8.32. The minimum atomic E-state index is -1.04. The molecule has 1 aromatic carbocycles. The van der Waals surface area contributed by atoms with Crippen LogP contribution in [0.1, 0.15) is 42.7 Å². The van der Waals surface area contributed by atoms with E-state index < -0.39 is 6.09 Å². The Morgan fingerprint density at radius 3 is 2.54 bits per heavy atom. The smallest absolute Gasteiger partial charge is 0.404 e. The number of carboxylic acid groups (broad SMARTS) is 1. The molecule has 0 aliphatic carbocycles. The van der Waals surface area contributed by atoms with Crippen LogP contribution < -0.4 is 16.2 Å². The number of unbranched alkanes of at least 4 members (excludes halogenated alkanes) is 3. The van der Waals surface area contributed by atoms with Crippen molar-refractivity contribution in [1.82, 2.24) is 35.2 Å². The average Bonchev–Trinajstić information content (AvgIpc) is 3.60. The SMILES string of the molecule is Cc1nnc(-c2cc(-c3ccc(NC(=O)N4Cc5ccncc5C4)cc3)nn(CCCCCCNC(=O)O)c2=O)o1. The second-order valence-electron chi connectivity index (χ2n) is 9.75. The van der Waals surface area contributed by atoms with E-state index in [1.54, 1.807) is 42.4 Å². The number of aromatic nitrogens is 5. The summed E-state index contributed by atoms with van der Waals surface area (Å²) in [6.45, 7) is 3.46. The first-order valence-corrected chi connectivity index (χ1v) is 13.3. The fourth-order valence-corrected chi connectivity index (χ4v) is 4.62. The predicted molar refractivity (Wildman–Crippen MR) is 149 cm³/mol. The number of benzene rings is 1. The van der Waals surface area contributed by atoms with Crippen LogP contribution in [0.2, 0.25) is 0 Å². The predicted octanol–water partition coefficient (Wildman–Crippen LogP) is 4.04. The number of rotatable bonds is 10. The zero-order chi connectivity index (χ0) is 28.8. The first-order chi connectivity index (χ1) is 19.9. The van der Waals surface area contributed by atoms with Crippen LogP contribution in [0.3, 0.4) is 0 Å². The van der Waals surface area contributed by atoms with Crippen molar-refractivity contribution in [3.8, 4) is 22.7 Å². The molecule has 212 valence electrons. The summed E-state index contributed by atoms with van der Waals surface area (Å²) < 4.78 is 6.94. The number of amides is 3. The molecular formula is C28H30N8O5. The molecule has 1 aliphatic rings. The van der Waals surface area contributed by atoms with Gasteiger partial charge in [0, 0.05) is 56.7 Å². The van der Waals surface area contributed by atoms with Crippen molar-refractivity contribution < 1.29 is 19.1 Å². The highest BCUT2D eigenvalue weighted by molar-refractivity contribution is 5.90. The third-order valence-corrected chi connectivity index (χ3v) is 6.75. The molecule has 5 rings (SSSR count). The number of carbonyl (C=O) groups is 2. The molecule has 13 heteroatoms. The molecular weight excluding hydrogens is 528 g/mol. The Morgan fingerprint density at radius 2 is 1.80 bits per heavy atom. The molecule has 3 aromatic heterocycles. The lowest BCUT2D eigenvalue weighted by molar-refractivity contribution is 0.194. The molecule has 4 aromatic rings. The van der Waals surface area contributed by atoms with E-state index in [0.29, 0.717) is 56.3 Å². The summed E-state index contributed by atoms with van der Waals surface area (Å²) in [5.74, 6) is 0.465. The molecule has 41 heavy (non-hydrogen) atoms. The molecule has 4 heterocycles. The topological polar surface area (TPSA) is 168 Å². The Hall–Kier alpha value is -5.07. The lowest BCUT2D eigenvalue weighted by atomic mass is 10.1. The normalized spacial score (nSPS) is 12.3. The number of urea groups is 1. The highest BCUT2D eigenvalue weighted by Gasteiger charge is 2.23. The van der Waals surface area contributed by atoms with Gasteiger partial charge >= 0.3 is 12.1 Å². The van der Waals surface area contributed by atoms with Gasteiger partial charge in [-0.2, -0.15) is 5.10 Å². The quantitative estimate of drug-likeness (QED) is 0.243. The molecule has 0 spiro atoms. The maximum Gasteiger partial charge on any atom is 0.404 e. The number of nitrogens with one attached hydrogen (secondary N) is 2. The fraction of sp³-hybridized carbons (Fsp3) is 0.321.